The maximum absolute atomic E-state index is 12.6. The zero-order valence-electron chi connectivity index (χ0n) is 13.3. The summed E-state index contributed by atoms with van der Waals surface area (Å²) in [7, 11) is -7.04. The van der Waals surface area contributed by atoms with Gasteiger partial charge in [-0.3, -0.25) is 4.79 Å². The van der Waals surface area contributed by atoms with Crippen LogP contribution in [0.15, 0.2) is 29.2 Å². The second-order valence-electron chi connectivity index (χ2n) is 6.55. The number of benzene rings is 1. The Labute approximate surface area is 142 Å². The Bertz CT molecular complexity index is 839. The van der Waals surface area contributed by atoms with Crippen LogP contribution in [0.4, 0.5) is 0 Å². The van der Waals surface area contributed by atoms with E-state index in [-0.39, 0.29) is 34.8 Å². The van der Waals surface area contributed by atoms with Crippen molar-refractivity contribution in [3.8, 4) is 0 Å². The van der Waals surface area contributed by atoms with Gasteiger partial charge in [0.15, 0.2) is 19.7 Å². The van der Waals surface area contributed by atoms with E-state index in [1.54, 1.807) is 6.07 Å². The van der Waals surface area contributed by atoms with Gasteiger partial charge in [0.2, 0.25) is 0 Å². The molecule has 1 amide bonds. The Morgan fingerprint density at radius 3 is 2.46 bits per heavy atom. The van der Waals surface area contributed by atoms with Crippen molar-refractivity contribution in [3.05, 3.63) is 29.8 Å². The van der Waals surface area contributed by atoms with Crippen molar-refractivity contribution in [2.24, 2.45) is 0 Å². The van der Waals surface area contributed by atoms with Gasteiger partial charge >= 0.3 is 0 Å². The van der Waals surface area contributed by atoms with Crippen molar-refractivity contribution >= 4 is 25.6 Å². The highest BCUT2D eigenvalue weighted by atomic mass is 32.2. The second kappa shape index (κ2) is 6.48. The number of carbonyl (C=O) groups excluding carboxylic acids is 1. The first kappa shape index (κ1) is 17.4. The van der Waals surface area contributed by atoms with E-state index in [1.165, 1.54) is 18.2 Å². The fourth-order valence-electron chi connectivity index (χ4n) is 3.35. The van der Waals surface area contributed by atoms with Crippen molar-refractivity contribution in [2.75, 3.05) is 11.5 Å². The minimum absolute atomic E-state index is 0.0173. The first-order chi connectivity index (χ1) is 11.3. The molecule has 8 heteroatoms. The molecule has 1 saturated heterocycles. The average Bonchev–Trinajstić information content (AvgIpc) is 3.17. The third-order valence-corrected chi connectivity index (χ3v) is 8.91. The van der Waals surface area contributed by atoms with E-state index in [4.69, 9.17) is 0 Å². The van der Waals surface area contributed by atoms with Crippen LogP contribution < -0.4 is 5.32 Å². The topological polar surface area (TPSA) is 97.4 Å². The first-order valence-electron chi connectivity index (χ1n) is 8.13. The lowest BCUT2D eigenvalue weighted by molar-refractivity contribution is 0.0937. The van der Waals surface area contributed by atoms with Gasteiger partial charge in [-0.1, -0.05) is 18.9 Å². The predicted molar refractivity (Wildman–Crippen MR) is 90.4 cm³/mol. The standard InChI is InChI=1S/C16H21NO5S2/c18-16(17-13-5-1-2-6-13)12-4-3-7-14(10-12)24(21,22)15-8-9-23(19,20)11-15/h3-4,7,10,13,15H,1-2,5-6,8-9,11H2,(H,17,18)/t15-/m0/s1. The monoisotopic (exact) mass is 371 g/mol. The fraction of sp³-hybridized carbons (Fsp3) is 0.562. The SMILES string of the molecule is O=C(NC1CCCC1)c1cccc(S(=O)(=O)[C@H]2CCS(=O)(=O)C2)c1. The first-order valence-corrected chi connectivity index (χ1v) is 11.5. The molecule has 1 aromatic carbocycles. The zero-order chi connectivity index (χ0) is 17.4. The summed E-state index contributed by atoms with van der Waals surface area (Å²) in [5.74, 6) is -0.718. The normalized spacial score (nSPS) is 24.1. The van der Waals surface area contributed by atoms with Gasteiger partial charge < -0.3 is 5.32 Å². The molecule has 0 unspecified atom stereocenters. The Morgan fingerprint density at radius 2 is 1.83 bits per heavy atom. The number of hydrogen-bond acceptors (Lipinski definition) is 5. The maximum Gasteiger partial charge on any atom is 0.251 e. The summed E-state index contributed by atoms with van der Waals surface area (Å²) < 4.78 is 48.4. The summed E-state index contributed by atoms with van der Waals surface area (Å²) in [6.07, 6.45) is 4.20. The number of carbonyl (C=O) groups is 1. The Morgan fingerprint density at radius 1 is 1.12 bits per heavy atom. The number of amides is 1. The van der Waals surface area contributed by atoms with Crippen LogP contribution in [-0.4, -0.2) is 45.5 Å². The highest BCUT2D eigenvalue weighted by molar-refractivity contribution is 7.96. The molecular formula is C16H21NO5S2. The average molecular weight is 371 g/mol. The minimum atomic E-state index is -3.75. The number of sulfone groups is 2. The Hall–Kier alpha value is -1.41. The van der Waals surface area contributed by atoms with Crippen LogP contribution in [0.1, 0.15) is 42.5 Å². The molecular weight excluding hydrogens is 350 g/mol. The van der Waals surface area contributed by atoms with E-state index in [2.05, 4.69) is 5.32 Å². The van der Waals surface area contributed by atoms with E-state index >= 15 is 0 Å². The molecule has 1 aliphatic carbocycles. The van der Waals surface area contributed by atoms with Gasteiger partial charge in [0, 0.05) is 11.6 Å². The smallest absolute Gasteiger partial charge is 0.251 e. The quantitative estimate of drug-likeness (QED) is 0.861. The van der Waals surface area contributed by atoms with Crippen LogP contribution in [0.5, 0.6) is 0 Å². The molecule has 1 aliphatic heterocycles. The van der Waals surface area contributed by atoms with E-state index in [0.29, 0.717) is 5.56 Å². The number of hydrogen-bond donors (Lipinski definition) is 1. The van der Waals surface area contributed by atoms with Gasteiger partial charge in [0.25, 0.3) is 5.91 Å². The van der Waals surface area contributed by atoms with E-state index < -0.39 is 24.9 Å². The molecule has 2 fully saturated rings. The molecule has 132 valence electrons. The van der Waals surface area contributed by atoms with Crippen molar-refractivity contribution in [1.29, 1.82) is 0 Å². The van der Waals surface area contributed by atoms with Gasteiger partial charge in [-0.25, -0.2) is 16.8 Å². The highest BCUT2D eigenvalue weighted by Gasteiger charge is 2.38. The molecule has 1 atom stereocenters. The fourth-order valence-corrected chi connectivity index (χ4v) is 7.76. The van der Waals surface area contributed by atoms with Crippen LogP contribution in [-0.2, 0) is 19.7 Å². The van der Waals surface area contributed by atoms with Crippen LogP contribution >= 0.6 is 0 Å². The molecule has 6 nitrogen and oxygen atoms in total. The minimum Gasteiger partial charge on any atom is -0.349 e. The summed E-state index contributed by atoms with van der Waals surface area (Å²) in [6.45, 7) is 0. The molecule has 1 aromatic rings. The van der Waals surface area contributed by atoms with Crippen LogP contribution in [0.3, 0.4) is 0 Å². The van der Waals surface area contributed by atoms with E-state index in [0.717, 1.165) is 25.7 Å². The lowest BCUT2D eigenvalue weighted by Gasteiger charge is -2.14. The molecule has 3 rings (SSSR count). The van der Waals surface area contributed by atoms with Crippen molar-refractivity contribution in [2.45, 2.75) is 48.3 Å². The van der Waals surface area contributed by atoms with Crippen molar-refractivity contribution in [1.82, 2.24) is 5.32 Å². The lowest BCUT2D eigenvalue weighted by Crippen LogP contribution is -2.32. The molecule has 0 spiro atoms. The maximum atomic E-state index is 12.6. The number of nitrogens with one attached hydrogen (secondary N) is 1. The van der Waals surface area contributed by atoms with Gasteiger partial charge in [0.1, 0.15) is 0 Å². The van der Waals surface area contributed by atoms with Crippen LogP contribution in [0.25, 0.3) is 0 Å². The zero-order valence-corrected chi connectivity index (χ0v) is 14.9. The molecule has 0 radical (unpaired) electrons. The third kappa shape index (κ3) is 3.64. The number of rotatable bonds is 4. The predicted octanol–water partition coefficient (Wildman–Crippen LogP) is 1.32. The van der Waals surface area contributed by atoms with Gasteiger partial charge in [-0.2, -0.15) is 0 Å². The molecule has 1 heterocycles. The summed E-state index contributed by atoms with van der Waals surface area (Å²) in [4.78, 5) is 12.3. The third-order valence-electron chi connectivity index (χ3n) is 4.74. The van der Waals surface area contributed by atoms with E-state index in [9.17, 15) is 21.6 Å². The second-order valence-corrected chi connectivity index (χ2v) is 11.0. The Balaban J connectivity index is 1.80. The van der Waals surface area contributed by atoms with Gasteiger partial charge in [0.05, 0.1) is 21.7 Å². The summed E-state index contributed by atoms with van der Waals surface area (Å²) in [5.41, 5.74) is 0.295. The van der Waals surface area contributed by atoms with Crippen molar-refractivity contribution < 1.29 is 21.6 Å². The van der Waals surface area contributed by atoms with Crippen molar-refractivity contribution in [3.63, 3.8) is 0 Å². The molecule has 1 N–H and O–H groups in total. The van der Waals surface area contributed by atoms with Crippen LogP contribution in [0, 0.1) is 0 Å². The molecule has 1 saturated carbocycles. The molecule has 24 heavy (non-hydrogen) atoms. The lowest BCUT2D eigenvalue weighted by atomic mass is 10.2. The Kier molecular flexibility index (Phi) is 4.70. The van der Waals surface area contributed by atoms with Crippen LogP contribution in [0.2, 0.25) is 0 Å². The van der Waals surface area contributed by atoms with Gasteiger partial charge in [-0.15, -0.1) is 0 Å². The van der Waals surface area contributed by atoms with Gasteiger partial charge in [-0.05, 0) is 37.5 Å². The summed E-state index contributed by atoms with van der Waals surface area (Å²) >= 11 is 0. The summed E-state index contributed by atoms with van der Waals surface area (Å²) in [6, 6.07) is 6.03. The highest BCUT2D eigenvalue weighted by Crippen LogP contribution is 2.26. The van der Waals surface area contributed by atoms with E-state index in [1.807, 2.05) is 0 Å². The molecule has 2 aliphatic rings. The summed E-state index contributed by atoms with van der Waals surface area (Å²) in [5, 5.41) is 2.01. The molecule has 0 bridgehead atoms. The molecule has 0 aromatic heterocycles. The largest absolute Gasteiger partial charge is 0.349 e.